The Morgan fingerprint density at radius 2 is 1.91 bits per heavy atom. The van der Waals surface area contributed by atoms with Gasteiger partial charge in [0.05, 0.1) is 0 Å². The first-order valence-electron chi connectivity index (χ1n) is 7.65. The highest BCUT2D eigenvalue weighted by atomic mass is 35.5. The Morgan fingerprint density at radius 1 is 1.27 bits per heavy atom. The van der Waals surface area contributed by atoms with Crippen LogP contribution in [0.5, 0.6) is 5.75 Å². The van der Waals surface area contributed by atoms with Gasteiger partial charge in [-0.3, -0.25) is 4.79 Å². The summed E-state index contributed by atoms with van der Waals surface area (Å²) in [7, 11) is 0. The number of carbonyl (C=O) groups excluding carboxylic acids is 1. The van der Waals surface area contributed by atoms with E-state index in [0.29, 0.717) is 30.3 Å². The maximum atomic E-state index is 12.3. The summed E-state index contributed by atoms with van der Waals surface area (Å²) in [6, 6.07) is 8.74. The number of ether oxygens (including phenoxy) is 1. The van der Waals surface area contributed by atoms with Crippen molar-refractivity contribution in [3.8, 4) is 5.75 Å². The quantitative estimate of drug-likeness (QED) is 0.819. The number of amides is 1. The van der Waals surface area contributed by atoms with Crippen LogP contribution in [-0.4, -0.2) is 30.6 Å². The summed E-state index contributed by atoms with van der Waals surface area (Å²) >= 11 is 0. The molecule has 3 rings (SSSR count). The molecule has 2 N–H and O–H groups in total. The van der Waals surface area contributed by atoms with Crippen molar-refractivity contribution in [2.24, 2.45) is 0 Å². The second kappa shape index (κ2) is 7.65. The van der Waals surface area contributed by atoms with Crippen molar-refractivity contribution in [2.75, 3.05) is 6.61 Å². The standard InChI is InChI=1S/C17H22N2O2.ClH/c1-2-9-21-16-7-3-12(4-8-16)17(20)19-15-10-13-5-6-14(11-15)18-13;/h2-4,7-8,13-15,18H,1,5-6,9-11H2,(H,19,20);1H. The predicted molar refractivity (Wildman–Crippen MR) is 89.8 cm³/mol. The first-order valence-corrected chi connectivity index (χ1v) is 7.65. The fourth-order valence-corrected chi connectivity index (χ4v) is 3.30. The number of nitrogens with one attached hydrogen (secondary N) is 2. The number of halogens is 1. The molecule has 1 amide bonds. The Labute approximate surface area is 137 Å². The van der Waals surface area contributed by atoms with Gasteiger partial charge >= 0.3 is 0 Å². The van der Waals surface area contributed by atoms with E-state index in [9.17, 15) is 4.79 Å². The van der Waals surface area contributed by atoms with Gasteiger partial charge in [-0.2, -0.15) is 0 Å². The van der Waals surface area contributed by atoms with Crippen molar-refractivity contribution >= 4 is 18.3 Å². The molecule has 4 nitrogen and oxygen atoms in total. The Balaban J connectivity index is 0.00000176. The molecule has 1 aromatic rings. The highest BCUT2D eigenvalue weighted by molar-refractivity contribution is 5.94. The van der Waals surface area contributed by atoms with Crippen LogP contribution in [0.1, 0.15) is 36.0 Å². The summed E-state index contributed by atoms with van der Waals surface area (Å²) in [4.78, 5) is 12.3. The van der Waals surface area contributed by atoms with Crippen LogP contribution >= 0.6 is 12.4 Å². The molecule has 0 spiro atoms. The smallest absolute Gasteiger partial charge is 0.251 e. The molecular formula is C17H23ClN2O2. The molecule has 5 heteroatoms. The van der Waals surface area contributed by atoms with E-state index in [1.54, 1.807) is 6.08 Å². The van der Waals surface area contributed by atoms with Crippen molar-refractivity contribution in [2.45, 2.75) is 43.8 Å². The van der Waals surface area contributed by atoms with E-state index in [1.807, 2.05) is 24.3 Å². The molecule has 2 saturated heterocycles. The van der Waals surface area contributed by atoms with Gasteiger partial charge in [-0.05, 0) is 49.9 Å². The van der Waals surface area contributed by atoms with Gasteiger partial charge in [-0.15, -0.1) is 12.4 Å². The number of carbonyl (C=O) groups is 1. The highest BCUT2D eigenvalue weighted by Crippen LogP contribution is 2.27. The van der Waals surface area contributed by atoms with Gasteiger partial charge in [0.1, 0.15) is 12.4 Å². The van der Waals surface area contributed by atoms with Gasteiger partial charge in [-0.25, -0.2) is 0 Å². The van der Waals surface area contributed by atoms with Crippen LogP contribution in [0.15, 0.2) is 36.9 Å². The highest BCUT2D eigenvalue weighted by Gasteiger charge is 2.34. The van der Waals surface area contributed by atoms with Gasteiger partial charge in [0.2, 0.25) is 0 Å². The van der Waals surface area contributed by atoms with Crippen molar-refractivity contribution in [3.63, 3.8) is 0 Å². The third-order valence-corrected chi connectivity index (χ3v) is 4.29. The molecule has 0 radical (unpaired) electrons. The Kier molecular flexibility index (Phi) is 5.86. The van der Waals surface area contributed by atoms with Crippen molar-refractivity contribution in [1.82, 2.24) is 10.6 Å². The second-order valence-corrected chi connectivity index (χ2v) is 5.90. The second-order valence-electron chi connectivity index (χ2n) is 5.90. The molecule has 2 fully saturated rings. The number of rotatable bonds is 5. The lowest BCUT2D eigenvalue weighted by Gasteiger charge is -2.29. The number of hydrogen-bond donors (Lipinski definition) is 2. The Hall–Kier alpha value is -1.52. The normalized spacial score (nSPS) is 25.9. The van der Waals surface area contributed by atoms with Crippen molar-refractivity contribution in [1.29, 1.82) is 0 Å². The number of fused-ring (bicyclic) bond motifs is 2. The van der Waals surface area contributed by atoms with Crippen LogP contribution in [0.4, 0.5) is 0 Å². The molecule has 0 aromatic heterocycles. The molecule has 1 aromatic carbocycles. The third kappa shape index (κ3) is 4.02. The summed E-state index contributed by atoms with van der Waals surface area (Å²) < 4.78 is 5.42. The van der Waals surface area contributed by atoms with E-state index in [0.717, 1.165) is 18.6 Å². The van der Waals surface area contributed by atoms with Crippen LogP contribution in [0.2, 0.25) is 0 Å². The Bertz CT molecular complexity index is 506. The molecule has 2 aliphatic rings. The van der Waals surface area contributed by atoms with Crippen LogP contribution in [0, 0.1) is 0 Å². The SMILES string of the molecule is C=CCOc1ccc(C(=O)NC2CC3CCC(C2)N3)cc1.Cl. The van der Waals surface area contributed by atoms with Crippen LogP contribution in [-0.2, 0) is 0 Å². The Morgan fingerprint density at radius 3 is 2.50 bits per heavy atom. The van der Waals surface area contributed by atoms with Crippen LogP contribution < -0.4 is 15.4 Å². The van der Waals surface area contributed by atoms with E-state index >= 15 is 0 Å². The molecular weight excluding hydrogens is 300 g/mol. The molecule has 0 aliphatic carbocycles. The third-order valence-electron chi connectivity index (χ3n) is 4.29. The van der Waals surface area contributed by atoms with E-state index in [-0.39, 0.29) is 18.3 Å². The van der Waals surface area contributed by atoms with Gasteiger partial charge in [0, 0.05) is 23.7 Å². The lowest BCUT2D eigenvalue weighted by Crippen LogP contribution is -2.48. The summed E-state index contributed by atoms with van der Waals surface area (Å²) in [6.07, 6.45) is 6.27. The zero-order chi connectivity index (χ0) is 14.7. The van der Waals surface area contributed by atoms with Gasteiger partial charge < -0.3 is 15.4 Å². The van der Waals surface area contributed by atoms with Gasteiger partial charge in [0.15, 0.2) is 0 Å². The van der Waals surface area contributed by atoms with E-state index < -0.39 is 0 Å². The first-order chi connectivity index (χ1) is 10.2. The summed E-state index contributed by atoms with van der Waals surface area (Å²) in [6.45, 7) is 4.09. The monoisotopic (exact) mass is 322 g/mol. The molecule has 2 unspecified atom stereocenters. The van der Waals surface area contributed by atoms with Crippen LogP contribution in [0.25, 0.3) is 0 Å². The maximum Gasteiger partial charge on any atom is 0.251 e. The zero-order valence-corrected chi connectivity index (χ0v) is 13.4. The minimum atomic E-state index is 0. The van der Waals surface area contributed by atoms with E-state index in [1.165, 1.54) is 12.8 Å². The van der Waals surface area contributed by atoms with Gasteiger partial charge in [-0.1, -0.05) is 12.7 Å². The molecule has 2 atom stereocenters. The summed E-state index contributed by atoms with van der Waals surface area (Å²) in [5.74, 6) is 0.767. The minimum absolute atomic E-state index is 0. The average Bonchev–Trinajstić information content (AvgIpc) is 2.84. The number of piperidine rings is 1. The van der Waals surface area contributed by atoms with Crippen molar-refractivity contribution < 1.29 is 9.53 Å². The van der Waals surface area contributed by atoms with Crippen LogP contribution in [0.3, 0.4) is 0 Å². The number of benzene rings is 1. The largest absolute Gasteiger partial charge is 0.490 e. The fourth-order valence-electron chi connectivity index (χ4n) is 3.30. The molecule has 22 heavy (non-hydrogen) atoms. The lowest BCUT2D eigenvalue weighted by atomic mass is 9.99. The summed E-state index contributed by atoms with van der Waals surface area (Å²) in [5, 5.41) is 6.75. The lowest BCUT2D eigenvalue weighted by molar-refractivity contribution is 0.0924. The first kappa shape index (κ1) is 16.8. The topological polar surface area (TPSA) is 50.4 Å². The molecule has 2 aliphatic heterocycles. The van der Waals surface area contributed by atoms with Crippen molar-refractivity contribution in [3.05, 3.63) is 42.5 Å². The fraction of sp³-hybridized carbons (Fsp3) is 0.471. The summed E-state index contributed by atoms with van der Waals surface area (Å²) in [5.41, 5.74) is 0.687. The van der Waals surface area contributed by atoms with E-state index in [4.69, 9.17) is 4.74 Å². The van der Waals surface area contributed by atoms with E-state index in [2.05, 4.69) is 17.2 Å². The molecule has 2 heterocycles. The molecule has 0 saturated carbocycles. The molecule has 120 valence electrons. The molecule has 2 bridgehead atoms. The average molecular weight is 323 g/mol. The zero-order valence-electron chi connectivity index (χ0n) is 12.6. The number of hydrogen-bond acceptors (Lipinski definition) is 3. The van der Waals surface area contributed by atoms with Gasteiger partial charge in [0.25, 0.3) is 5.91 Å². The maximum absolute atomic E-state index is 12.3. The minimum Gasteiger partial charge on any atom is -0.490 e. The predicted octanol–water partition coefficient (Wildman–Crippen LogP) is 2.69.